The highest BCUT2D eigenvalue weighted by Crippen LogP contribution is 2.21. The second kappa shape index (κ2) is 6.09. The Labute approximate surface area is 102 Å². The minimum Gasteiger partial charge on any atom is -0.294 e. The molecule has 0 aliphatic rings. The lowest BCUT2D eigenvalue weighted by Gasteiger charge is -2.04. The molecule has 0 bridgehead atoms. The van der Waals surface area contributed by atoms with E-state index in [9.17, 15) is 13.6 Å². The summed E-state index contributed by atoms with van der Waals surface area (Å²) in [7, 11) is 0. The average molecular weight is 291 g/mol. The van der Waals surface area contributed by atoms with Crippen molar-refractivity contribution in [2.24, 2.45) is 0 Å². The highest BCUT2D eigenvalue weighted by Gasteiger charge is 2.14. The van der Waals surface area contributed by atoms with E-state index in [0.29, 0.717) is 6.42 Å². The van der Waals surface area contributed by atoms with E-state index in [0.717, 1.165) is 25.0 Å². The summed E-state index contributed by atoms with van der Waals surface area (Å²) in [5.74, 6) is -1.62. The molecule has 0 fully saturated rings. The third-order valence-electron chi connectivity index (χ3n) is 2.32. The van der Waals surface area contributed by atoms with E-state index in [2.05, 4.69) is 15.9 Å². The van der Waals surface area contributed by atoms with Gasteiger partial charge in [-0.3, -0.25) is 4.79 Å². The van der Waals surface area contributed by atoms with Crippen molar-refractivity contribution in [3.8, 4) is 0 Å². The van der Waals surface area contributed by atoms with Crippen LogP contribution in [0.25, 0.3) is 0 Å². The number of carbonyl (C=O) groups excluding carboxylic acids is 1. The number of hydrogen-bond acceptors (Lipinski definition) is 1. The van der Waals surface area contributed by atoms with Gasteiger partial charge in [0.2, 0.25) is 0 Å². The van der Waals surface area contributed by atoms with Crippen molar-refractivity contribution in [2.75, 3.05) is 0 Å². The molecule has 0 N–H and O–H groups in total. The van der Waals surface area contributed by atoms with Gasteiger partial charge in [-0.05, 0) is 34.5 Å². The van der Waals surface area contributed by atoms with Crippen LogP contribution in [-0.2, 0) is 0 Å². The summed E-state index contributed by atoms with van der Waals surface area (Å²) in [4.78, 5) is 11.6. The smallest absolute Gasteiger partial charge is 0.165 e. The molecule has 0 atom stereocenters. The number of unbranched alkanes of at least 4 members (excludes halogenated alkanes) is 2. The number of hydrogen-bond donors (Lipinski definition) is 0. The number of carbonyl (C=O) groups is 1. The molecule has 4 heteroatoms. The van der Waals surface area contributed by atoms with Crippen molar-refractivity contribution >= 4 is 21.7 Å². The molecule has 0 radical (unpaired) electrons. The van der Waals surface area contributed by atoms with Crippen LogP contribution in [0.4, 0.5) is 8.78 Å². The molecule has 0 heterocycles. The van der Waals surface area contributed by atoms with Crippen LogP contribution in [0.15, 0.2) is 16.6 Å². The molecule has 0 saturated carbocycles. The number of rotatable bonds is 5. The van der Waals surface area contributed by atoms with Crippen molar-refractivity contribution in [1.29, 1.82) is 0 Å². The van der Waals surface area contributed by atoms with Gasteiger partial charge in [-0.15, -0.1) is 0 Å². The summed E-state index contributed by atoms with van der Waals surface area (Å²) >= 11 is 2.87. The zero-order valence-corrected chi connectivity index (χ0v) is 10.6. The predicted octanol–water partition coefficient (Wildman–Crippen LogP) is 4.49. The Kier molecular flexibility index (Phi) is 5.06. The van der Waals surface area contributed by atoms with Gasteiger partial charge in [0, 0.05) is 6.42 Å². The summed E-state index contributed by atoms with van der Waals surface area (Å²) in [6.45, 7) is 2.02. The molecule has 16 heavy (non-hydrogen) atoms. The van der Waals surface area contributed by atoms with Gasteiger partial charge in [-0.1, -0.05) is 19.8 Å². The predicted molar refractivity (Wildman–Crippen MR) is 62.5 cm³/mol. The summed E-state index contributed by atoms with van der Waals surface area (Å²) < 4.78 is 26.6. The monoisotopic (exact) mass is 290 g/mol. The van der Waals surface area contributed by atoms with Crippen LogP contribution in [0.1, 0.15) is 43.0 Å². The molecule has 1 rings (SSSR count). The Hall–Kier alpha value is -0.770. The third kappa shape index (κ3) is 3.37. The molecule has 1 aromatic rings. The Bertz CT molecular complexity index is 391. The fourth-order valence-electron chi connectivity index (χ4n) is 1.41. The number of Topliss-reactive ketones (excluding diaryl/α,β-unsaturated/α-hetero) is 1. The lowest BCUT2D eigenvalue weighted by atomic mass is 10.0. The fourth-order valence-corrected chi connectivity index (χ4v) is 1.72. The lowest BCUT2D eigenvalue weighted by molar-refractivity contribution is 0.0975. The molecule has 1 aromatic carbocycles. The summed E-state index contributed by atoms with van der Waals surface area (Å²) in [5.41, 5.74) is -0.156. The molecule has 1 nitrogen and oxygen atoms in total. The quantitative estimate of drug-likeness (QED) is 0.444. The van der Waals surface area contributed by atoms with Crippen molar-refractivity contribution in [2.45, 2.75) is 32.6 Å². The minimum absolute atomic E-state index is 0.0371. The Morgan fingerprint density at radius 3 is 2.56 bits per heavy atom. The van der Waals surface area contributed by atoms with Crippen LogP contribution in [-0.4, -0.2) is 5.78 Å². The molecule has 0 unspecified atom stereocenters. The van der Waals surface area contributed by atoms with E-state index in [1.54, 1.807) is 0 Å². The van der Waals surface area contributed by atoms with Gasteiger partial charge in [0.1, 0.15) is 11.6 Å². The molecule has 0 aliphatic heterocycles. The maximum Gasteiger partial charge on any atom is 0.165 e. The van der Waals surface area contributed by atoms with Crippen molar-refractivity contribution in [3.63, 3.8) is 0 Å². The van der Waals surface area contributed by atoms with Gasteiger partial charge in [-0.25, -0.2) is 8.78 Å². The summed E-state index contributed by atoms with van der Waals surface area (Å²) in [6.07, 6.45) is 2.90. The van der Waals surface area contributed by atoms with Crippen LogP contribution in [0.2, 0.25) is 0 Å². The van der Waals surface area contributed by atoms with E-state index < -0.39 is 11.6 Å². The first-order chi connectivity index (χ1) is 7.56. The molecule has 0 saturated heterocycles. The van der Waals surface area contributed by atoms with Gasteiger partial charge >= 0.3 is 0 Å². The topological polar surface area (TPSA) is 17.1 Å². The second-order valence-electron chi connectivity index (χ2n) is 3.63. The van der Waals surface area contributed by atoms with Crippen LogP contribution >= 0.6 is 15.9 Å². The molecule has 0 aliphatic carbocycles. The maximum atomic E-state index is 13.4. The van der Waals surface area contributed by atoms with Crippen LogP contribution in [0.3, 0.4) is 0 Å². The third-order valence-corrected chi connectivity index (χ3v) is 2.93. The first-order valence-electron chi connectivity index (χ1n) is 5.24. The Morgan fingerprint density at radius 1 is 1.25 bits per heavy atom. The van der Waals surface area contributed by atoms with Crippen molar-refractivity contribution in [1.82, 2.24) is 0 Å². The van der Waals surface area contributed by atoms with E-state index in [-0.39, 0.29) is 22.2 Å². The number of benzene rings is 1. The minimum atomic E-state index is -0.672. The zero-order valence-electron chi connectivity index (χ0n) is 9.03. The molecular formula is C12H13BrF2O. The first kappa shape index (κ1) is 13.3. The van der Waals surface area contributed by atoms with Crippen molar-refractivity contribution < 1.29 is 13.6 Å². The summed E-state index contributed by atoms with van der Waals surface area (Å²) in [6, 6.07) is 1.94. The SMILES string of the molecule is CCCCCC(=O)c1cc(F)c(Br)cc1F. The van der Waals surface area contributed by atoms with Crippen LogP contribution < -0.4 is 0 Å². The van der Waals surface area contributed by atoms with E-state index in [1.807, 2.05) is 6.92 Å². The van der Waals surface area contributed by atoms with Gasteiger partial charge in [0.15, 0.2) is 5.78 Å². The van der Waals surface area contributed by atoms with Crippen molar-refractivity contribution in [3.05, 3.63) is 33.8 Å². The standard InChI is InChI=1S/C12H13BrF2O/c1-2-3-4-5-12(16)8-6-11(15)9(13)7-10(8)14/h6-7H,2-5H2,1H3. The van der Waals surface area contributed by atoms with Crippen LogP contribution in [0.5, 0.6) is 0 Å². The molecule has 0 amide bonds. The van der Waals surface area contributed by atoms with Gasteiger partial charge in [0.25, 0.3) is 0 Å². The maximum absolute atomic E-state index is 13.4. The molecule has 0 spiro atoms. The Balaban J connectivity index is 2.79. The van der Waals surface area contributed by atoms with Gasteiger partial charge in [-0.2, -0.15) is 0 Å². The van der Waals surface area contributed by atoms with E-state index in [4.69, 9.17) is 0 Å². The molecular weight excluding hydrogens is 278 g/mol. The molecule has 88 valence electrons. The first-order valence-corrected chi connectivity index (χ1v) is 6.03. The normalized spacial score (nSPS) is 10.5. The highest BCUT2D eigenvalue weighted by molar-refractivity contribution is 9.10. The highest BCUT2D eigenvalue weighted by atomic mass is 79.9. The van der Waals surface area contributed by atoms with Crippen LogP contribution in [0, 0.1) is 11.6 Å². The lowest BCUT2D eigenvalue weighted by Crippen LogP contribution is -2.03. The Morgan fingerprint density at radius 2 is 1.94 bits per heavy atom. The van der Waals surface area contributed by atoms with Gasteiger partial charge in [0.05, 0.1) is 10.0 Å². The number of halogens is 3. The molecule has 0 aromatic heterocycles. The second-order valence-corrected chi connectivity index (χ2v) is 4.48. The van der Waals surface area contributed by atoms with E-state index >= 15 is 0 Å². The fraction of sp³-hybridized carbons (Fsp3) is 0.417. The zero-order chi connectivity index (χ0) is 12.1. The average Bonchev–Trinajstić information content (AvgIpc) is 2.23. The van der Waals surface area contributed by atoms with Gasteiger partial charge < -0.3 is 0 Å². The summed E-state index contributed by atoms with van der Waals surface area (Å²) in [5, 5.41) is 0. The number of ketones is 1. The van der Waals surface area contributed by atoms with E-state index in [1.165, 1.54) is 0 Å². The largest absolute Gasteiger partial charge is 0.294 e.